The van der Waals surface area contributed by atoms with Crippen LogP contribution in [0.1, 0.15) is 24.4 Å². The van der Waals surface area contributed by atoms with Gasteiger partial charge in [-0.1, -0.05) is 23.2 Å². The van der Waals surface area contributed by atoms with E-state index < -0.39 is 0 Å². The quantitative estimate of drug-likeness (QED) is 0.883. The van der Waals surface area contributed by atoms with E-state index in [1.165, 1.54) is 0 Å². The Kier molecular flexibility index (Phi) is 7.32. The first-order chi connectivity index (χ1) is 6.65. The second kappa shape index (κ2) is 7.31. The highest BCUT2D eigenvalue weighted by atomic mass is 35.5. The van der Waals surface area contributed by atoms with Crippen molar-refractivity contribution in [2.75, 3.05) is 6.61 Å². The Hall–Kier alpha value is 0.01000. The van der Waals surface area contributed by atoms with Crippen LogP contribution in [0.15, 0.2) is 18.2 Å². The normalized spacial score (nSPS) is 12.0. The zero-order valence-corrected chi connectivity index (χ0v) is 10.4. The molecular formula is C10H14Cl3NO. The average Bonchev–Trinajstić information content (AvgIpc) is 2.18. The standard InChI is InChI=1S/C10H13Cl2NO.ClH/c11-7-3-4-9(12)8(6-7)10(13)2-1-5-14;/h3-4,6,10,14H,1-2,5,13H2;1H/t10-;/m0./s1. The van der Waals surface area contributed by atoms with Crippen molar-refractivity contribution < 1.29 is 5.11 Å². The Bertz CT molecular complexity index is 307. The molecule has 0 saturated heterocycles. The summed E-state index contributed by atoms with van der Waals surface area (Å²) in [7, 11) is 0. The molecule has 0 aromatic heterocycles. The first-order valence-corrected chi connectivity index (χ1v) is 5.22. The summed E-state index contributed by atoms with van der Waals surface area (Å²) in [5, 5.41) is 9.92. The van der Waals surface area contributed by atoms with Crippen LogP contribution in [0.4, 0.5) is 0 Å². The number of aliphatic hydroxyl groups is 1. The molecule has 0 amide bonds. The van der Waals surface area contributed by atoms with Gasteiger partial charge in [0, 0.05) is 22.7 Å². The van der Waals surface area contributed by atoms with Gasteiger partial charge in [0.05, 0.1) is 0 Å². The van der Waals surface area contributed by atoms with Crippen molar-refractivity contribution in [3.63, 3.8) is 0 Å². The molecule has 0 aliphatic carbocycles. The van der Waals surface area contributed by atoms with E-state index in [1.54, 1.807) is 18.2 Å². The van der Waals surface area contributed by atoms with Gasteiger partial charge < -0.3 is 10.8 Å². The van der Waals surface area contributed by atoms with Crippen LogP contribution >= 0.6 is 35.6 Å². The fourth-order valence-corrected chi connectivity index (χ4v) is 1.70. The van der Waals surface area contributed by atoms with Crippen LogP contribution < -0.4 is 5.73 Å². The summed E-state index contributed by atoms with van der Waals surface area (Å²) in [6, 6.07) is 5.07. The lowest BCUT2D eigenvalue weighted by Crippen LogP contribution is -2.11. The second-order valence-electron chi connectivity index (χ2n) is 3.14. The number of benzene rings is 1. The molecule has 1 aromatic carbocycles. The molecule has 0 heterocycles. The molecule has 0 spiro atoms. The molecule has 1 rings (SSSR count). The average molecular weight is 271 g/mol. The minimum absolute atomic E-state index is 0. The topological polar surface area (TPSA) is 46.2 Å². The van der Waals surface area contributed by atoms with E-state index in [4.69, 9.17) is 34.0 Å². The van der Waals surface area contributed by atoms with E-state index >= 15 is 0 Å². The third-order valence-electron chi connectivity index (χ3n) is 2.03. The van der Waals surface area contributed by atoms with Crippen LogP contribution in [0.25, 0.3) is 0 Å². The van der Waals surface area contributed by atoms with E-state index in [-0.39, 0.29) is 25.1 Å². The van der Waals surface area contributed by atoms with Crippen molar-refractivity contribution in [1.29, 1.82) is 0 Å². The van der Waals surface area contributed by atoms with Crippen LogP contribution in [-0.2, 0) is 0 Å². The number of aliphatic hydroxyl groups excluding tert-OH is 1. The summed E-state index contributed by atoms with van der Waals surface area (Å²) >= 11 is 11.8. The number of hydrogen-bond donors (Lipinski definition) is 2. The van der Waals surface area contributed by atoms with E-state index in [9.17, 15) is 0 Å². The van der Waals surface area contributed by atoms with Crippen LogP contribution in [0.3, 0.4) is 0 Å². The molecule has 0 bridgehead atoms. The SMILES string of the molecule is Cl.N[C@@H](CCCO)c1cc(Cl)ccc1Cl. The smallest absolute Gasteiger partial charge is 0.0454 e. The minimum Gasteiger partial charge on any atom is -0.396 e. The molecule has 0 aliphatic heterocycles. The molecular weight excluding hydrogens is 256 g/mol. The summed E-state index contributed by atoms with van der Waals surface area (Å²) < 4.78 is 0. The lowest BCUT2D eigenvalue weighted by atomic mass is 10.0. The van der Waals surface area contributed by atoms with Crippen LogP contribution in [-0.4, -0.2) is 11.7 Å². The summed E-state index contributed by atoms with van der Waals surface area (Å²) in [5.74, 6) is 0. The van der Waals surface area contributed by atoms with Crippen molar-refractivity contribution in [3.05, 3.63) is 33.8 Å². The van der Waals surface area contributed by atoms with Crippen molar-refractivity contribution in [1.82, 2.24) is 0 Å². The van der Waals surface area contributed by atoms with Gasteiger partial charge in [-0.3, -0.25) is 0 Å². The number of hydrogen-bond acceptors (Lipinski definition) is 2. The third-order valence-corrected chi connectivity index (χ3v) is 2.61. The molecule has 0 fully saturated rings. The van der Waals surface area contributed by atoms with E-state index in [2.05, 4.69) is 0 Å². The third kappa shape index (κ3) is 4.58. The highest BCUT2D eigenvalue weighted by Crippen LogP contribution is 2.27. The van der Waals surface area contributed by atoms with Crippen molar-refractivity contribution in [3.8, 4) is 0 Å². The Morgan fingerprint density at radius 3 is 2.60 bits per heavy atom. The molecule has 0 unspecified atom stereocenters. The molecule has 0 saturated carbocycles. The zero-order valence-electron chi connectivity index (χ0n) is 8.12. The van der Waals surface area contributed by atoms with Gasteiger partial charge in [-0.2, -0.15) is 0 Å². The summed E-state index contributed by atoms with van der Waals surface area (Å²) in [4.78, 5) is 0. The fourth-order valence-electron chi connectivity index (χ4n) is 1.27. The number of halogens is 3. The van der Waals surface area contributed by atoms with Crippen LogP contribution in [0, 0.1) is 0 Å². The highest BCUT2D eigenvalue weighted by Gasteiger charge is 2.10. The highest BCUT2D eigenvalue weighted by molar-refractivity contribution is 6.33. The molecule has 1 aromatic rings. The van der Waals surface area contributed by atoms with Crippen LogP contribution in [0.2, 0.25) is 10.0 Å². The van der Waals surface area contributed by atoms with Crippen LogP contribution in [0.5, 0.6) is 0 Å². The van der Waals surface area contributed by atoms with E-state index in [0.29, 0.717) is 22.9 Å². The minimum atomic E-state index is -0.159. The Labute approximate surface area is 106 Å². The van der Waals surface area contributed by atoms with Gasteiger partial charge in [-0.25, -0.2) is 0 Å². The lowest BCUT2D eigenvalue weighted by Gasteiger charge is -2.13. The van der Waals surface area contributed by atoms with Gasteiger partial charge >= 0.3 is 0 Å². The Morgan fingerprint density at radius 1 is 1.33 bits per heavy atom. The maximum Gasteiger partial charge on any atom is 0.0454 e. The summed E-state index contributed by atoms with van der Waals surface area (Å²) in [6.07, 6.45) is 1.38. The first-order valence-electron chi connectivity index (χ1n) is 4.46. The second-order valence-corrected chi connectivity index (χ2v) is 3.98. The summed E-state index contributed by atoms with van der Waals surface area (Å²) in [5.41, 5.74) is 6.74. The van der Waals surface area contributed by atoms with Gasteiger partial charge in [-0.15, -0.1) is 12.4 Å². The summed E-state index contributed by atoms with van der Waals surface area (Å²) in [6.45, 7) is 0.145. The molecule has 5 heteroatoms. The predicted octanol–water partition coefficient (Wildman–Crippen LogP) is 3.19. The Morgan fingerprint density at radius 2 is 2.00 bits per heavy atom. The van der Waals surface area contributed by atoms with Crippen molar-refractivity contribution in [2.45, 2.75) is 18.9 Å². The monoisotopic (exact) mass is 269 g/mol. The largest absolute Gasteiger partial charge is 0.396 e. The van der Waals surface area contributed by atoms with Gasteiger partial charge in [0.1, 0.15) is 0 Å². The number of rotatable bonds is 4. The maximum absolute atomic E-state index is 8.67. The van der Waals surface area contributed by atoms with Gasteiger partial charge in [0.2, 0.25) is 0 Å². The lowest BCUT2D eigenvalue weighted by molar-refractivity contribution is 0.280. The first kappa shape index (κ1) is 15.0. The molecule has 2 nitrogen and oxygen atoms in total. The van der Waals surface area contributed by atoms with Crippen molar-refractivity contribution in [2.24, 2.45) is 5.73 Å². The molecule has 15 heavy (non-hydrogen) atoms. The molecule has 0 radical (unpaired) electrons. The predicted molar refractivity (Wildman–Crippen MR) is 67.0 cm³/mol. The molecule has 3 N–H and O–H groups in total. The number of nitrogens with two attached hydrogens (primary N) is 1. The van der Waals surface area contributed by atoms with Gasteiger partial charge in [0.25, 0.3) is 0 Å². The molecule has 0 aliphatic rings. The molecule has 1 atom stereocenters. The van der Waals surface area contributed by atoms with Gasteiger partial charge in [0.15, 0.2) is 0 Å². The maximum atomic E-state index is 8.67. The van der Waals surface area contributed by atoms with Crippen molar-refractivity contribution >= 4 is 35.6 Å². The zero-order chi connectivity index (χ0) is 10.6. The van der Waals surface area contributed by atoms with Gasteiger partial charge in [-0.05, 0) is 36.6 Å². The van der Waals surface area contributed by atoms with E-state index in [0.717, 1.165) is 5.56 Å². The fraction of sp³-hybridized carbons (Fsp3) is 0.400. The Balaban J connectivity index is 0.00000196. The molecule has 86 valence electrons. The van der Waals surface area contributed by atoms with E-state index in [1.807, 2.05) is 0 Å².